The molecule has 0 aliphatic carbocycles. The molecule has 4 heteroatoms. The first-order valence-electron chi connectivity index (χ1n) is 6.16. The van der Waals surface area contributed by atoms with Gasteiger partial charge >= 0.3 is 0 Å². The Labute approximate surface area is 110 Å². The van der Waals surface area contributed by atoms with Crippen LogP contribution in [0.1, 0.15) is 0 Å². The first kappa shape index (κ1) is 11.7. The molecule has 3 rings (SSSR count). The highest BCUT2D eigenvalue weighted by atomic mass is 16.5. The summed E-state index contributed by atoms with van der Waals surface area (Å²) in [4.78, 5) is 4.45. The predicted molar refractivity (Wildman–Crippen MR) is 74.0 cm³/mol. The maximum atomic E-state index is 5.70. The number of nitrogens with two attached hydrogens (primary N) is 1. The van der Waals surface area contributed by atoms with Crippen LogP contribution in [0.3, 0.4) is 0 Å². The smallest absolute Gasteiger partial charge is 0.227 e. The van der Waals surface area contributed by atoms with E-state index >= 15 is 0 Å². The van der Waals surface area contributed by atoms with Gasteiger partial charge in [0.2, 0.25) is 5.89 Å². The number of rotatable bonds is 4. The van der Waals surface area contributed by atoms with Crippen LogP contribution in [0.25, 0.3) is 22.6 Å². The largest absolute Gasteiger partial charge is 0.492 e. The summed E-state index contributed by atoms with van der Waals surface area (Å²) < 4.78 is 11.1. The molecule has 0 fully saturated rings. The molecule has 0 spiro atoms. The fourth-order valence-electron chi connectivity index (χ4n) is 1.87. The van der Waals surface area contributed by atoms with E-state index in [-0.39, 0.29) is 0 Å². The van der Waals surface area contributed by atoms with Crippen molar-refractivity contribution < 1.29 is 9.15 Å². The number of hydrogen-bond acceptors (Lipinski definition) is 4. The standard InChI is InChI=1S/C15H14N2O2/c16-9-10-18-12-7-5-11(6-8-12)15-17-13-3-1-2-4-14(13)19-15/h1-8H,9-10,16H2. The summed E-state index contributed by atoms with van der Waals surface area (Å²) in [5.74, 6) is 1.41. The van der Waals surface area contributed by atoms with E-state index in [2.05, 4.69) is 4.98 Å². The third-order valence-electron chi connectivity index (χ3n) is 2.78. The van der Waals surface area contributed by atoms with E-state index in [0.29, 0.717) is 19.0 Å². The van der Waals surface area contributed by atoms with Crippen molar-refractivity contribution in [3.63, 3.8) is 0 Å². The molecule has 0 radical (unpaired) electrons. The second-order valence-electron chi connectivity index (χ2n) is 4.15. The van der Waals surface area contributed by atoms with Gasteiger partial charge in [0, 0.05) is 12.1 Å². The van der Waals surface area contributed by atoms with Gasteiger partial charge in [0.1, 0.15) is 17.9 Å². The van der Waals surface area contributed by atoms with Crippen molar-refractivity contribution in [1.29, 1.82) is 0 Å². The minimum atomic E-state index is 0.507. The predicted octanol–water partition coefficient (Wildman–Crippen LogP) is 2.83. The first-order valence-corrected chi connectivity index (χ1v) is 6.16. The normalized spacial score (nSPS) is 10.8. The van der Waals surface area contributed by atoms with Gasteiger partial charge in [-0.05, 0) is 36.4 Å². The van der Waals surface area contributed by atoms with Crippen LogP contribution in [0.2, 0.25) is 0 Å². The SMILES string of the molecule is NCCOc1ccc(-c2nc3ccccc3o2)cc1. The zero-order valence-corrected chi connectivity index (χ0v) is 10.4. The highest BCUT2D eigenvalue weighted by molar-refractivity contribution is 5.76. The number of hydrogen-bond donors (Lipinski definition) is 1. The van der Waals surface area contributed by atoms with Crippen LogP contribution in [0.4, 0.5) is 0 Å². The Bertz CT molecular complexity index is 641. The van der Waals surface area contributed by atoms with E-state index < -0.39 is 0 Å². The molecule has 96 valence electrons. The number of benzene rings is 2. The quantitative estimate of drug-likeness (QED) is 0.777. The zero-order valence-electron chi connectivity index (χ0n) is 10.4. The second kappa shape index (κ2) is 5.12. The molecule has 0 bridgehead atoms. The number of nitrogens with zero attached hydrogens (tertiary/aromatic N) is 1. The van der Waals surface area contributed by atoms with Crippen molar-refractivity contribution in [2.75, 3.05) is 13.2 Å². The second-order valence-corrected chi connectivity index (χ2v) is 4.15. The lowest BCUT2D eigenvalue weighted by atomic mass is 10.2. The monoisotopic (exact) mass is 254 g/mol. The van der Waals surface area contributed by atoms with Crippen LogP contribution in [-0.2, 0) is 0 Å². The van der Waals surface area contributed by atoms with Crippen molar-refractivity contribution in [2.45, 2.75) is 0 Å². The van der Waals surface area contributed by atoms with E-state index in [0.717, 1.165) is 22.4 Å². The molecule has 2 aromatic carbocycles. The molecular formula is C15H14N2O2. The summed E-state index contributed by atoms with van der Waals surface area (Å²) in [6, 6.07) is 15.3. The summed E-state index contributed by atoms with van der Waals surface area (Å²) >= 11 is 0. The number of para-hydroxylation sites is 2. The molecule has 0 unspecified atom stereocenters. The molecule has 19 heavy (non-hydrogen) atoms. The fraction of sp³-hybridized carbons (Fsp3) is 0.133. The molecule has 0 amide bonds. The Morgan fingerprint density at radius 2 is 1.84 bits per heavy atom. The third-order valence-corrected chi connectivity index (χ3v) is 2.78. The maximum Gasteiger partial charge on any atom is 0.227 e. The first-order chi connectivity index (χ1) is 9.36. The minimum absolute atomic E-state index is 0.507. The lowest BCUT2D eigenvalue weighted by molar-refractivity contribution is 0.328. The fourth-order valence-corrected chi connectivity index (χ4v) is 1.87. The summed E-state index contributed by atoms with van der Waals surface area (Å²) in [6.07, 6.45) is 0. The van der Waals surface area contributed by atoms with Crippen LogP contribution in [-0.4, -0.2) is 18.1 Å². The van der Waals surface area contributed by atoms with Crippen LogP contribution >= 0.6 is 0 Å². The van der Waals surface area contributed by atoms with Gasteiger partial charge in [-0.25, -0.2) is 4.98 Å². The van der Waals surface area contributed by atoms with Gasteiger partial charge in [0.25, 0.3) is 0 Å². The Morgan fingerprint density at radius 1 is 1.05 bits per heavy atom. The van der Waals surface area contributed by atoms with Crippen LogP contribution in [0, 0.1) is 0 Å². The van der Waals surface area contributed by atoms with Gasteiger partial charge in [0.15, 0.2) is 5.58 Å². The molecule has 0 aliphatic rings. The lowest BCUT2D eigenvalue weighted by Crippen LogP contribution is -2.10. The van der Waals surface area contributed by atoms with E-state index in [9.17, 15) is 0 Å². The molecule has 3 aromatic rings. The summed E-state index contributed by atoms with van der Waals surface area (Å²) in [5.41, 5.74) is 7.97. The lowest BCUT2D eigenvalue weighted by Gasteiger charge is -2.04. The Morgan fingerprint density at radius 3 is 2.58 bits per heavy atom. The van der Waals surface area contributed by atoms with Crippen molar-refractivity contribution >= 4 is 11.1 Å². The number of ether oxygens (including phenoxy) is 1. The van der Waals surface area contributed by atoms with Gasteiger partial charge in [-0.15, -0.1) is 0 Å². The number of aromatic nitrogens is 1. The van der Waals surface area contributed by atoms with E-state index in [1.165, 1.54) is 0 Å². The molecular weight excluding hydrogens is 240 g/mol. The molecule has 2 N–H and O–H groups in total. The minimum Gasteiger partial charge on any atom is -0.492 e. The van der Waals surface area contributed by atoms with Crippen LogP contribution < -0.4 is 10.5 Å². The summed E-state index contributed by atoms with van der Waals surface area (Å²) in [7, 11) is 0. The van der Waals surface area contributed by atoms with Gasteiger partial charge < -0.3 is 14.9 Å². The van der Waals surface area contributed by atoms with E-state index in [4.69, 9.17) is 14.9 Å². The number of oxazole rings is 1. The van der Waals surface area contributed by atoms with E-state index in [1.807, 2.05) is 48.5 Å². The van der Waals surface area contributed by atoms with Crippen molar-refractivity contribution in [1.82, 2.24) is 4.98 Å². The molecule has 4 nitrogen and oxygen atoms in total. The third kappa shape index (κ3) is 2.44. The summed E-state index contributed by atoms with van der Waals surface area (Å²) in [6.45, 7) is 1.02. The van der Waals surface area contributed by atoms with Crippen molar-refractivity contribution in [2.24, 2.45) is 5.73 Å². The average molecular weight is 254 g/mol. The van der Waals surface area contributed by atoms with Crippen LogP contribution in [0.5, 0.6) is 5.75 Å². The Hall–Kier alpha value is -2.33. The van der Waals surface area contributed by atoms with Gasteiger partial charge in [-0.1, -0.05) is 12.1 Å². The molecule has 0 atom stereocenters. The Balaban J connectivity index is 1.88. The molecule has 0 aliphatic heterocycles. The molecule has 0 saturated heterocycles. The number of fused-ring (bicyclic) bond motifs is 1. The summed E-state index contributed by atoms with van der Waals surface area (Å²) in [5, 5.41) is 0. The van der Waals surface area contributed by atoms with Crippen molar-refractivity contribution in [3.8, 4) is 17.2 Å². The topological polar surface area (TPSA) is 61.3 Å². The zero-order chi connectivity index (χ0) is 13.1. The highest BCUT2D eigenvalue weighted by Crippen LogP contribution is 2.25. The molecule has 1 aromatic heterocycles. The van der Waals surface area contributed by atoms with Gasteiger partial charge in [-0.2, -0.15) is 0 Å². The van der Waals surface area contributed by atoms with Crippen LogP contribution in [0.15, 0.2) is 52.9 Å². The molecule has 1 heterocycles. The van der Waals surface area contributed by atoms with Crippen molar-refractivity contribution in [3.05, 3.63) is 48.5 Å². The average Bonchev–Trinajstić information content (AvgIpc) is 2.89. The molecule has 0 saturated carbocycles. The Kier molecular flexibility index (Phi) is 3.16. The van der Waals surface area contributed by atoms with Gasteiger partial charge in [-0.3, -0.25) is 0 Å². The maximum absolute atomic E-state index is 5.70. The van der Waals surface area contributed by atoms with Gasteiger partial charge in [0.05, 0.1) is 0 Å². The highest BCUT2D eigenvalue weighted by Gasteiger charge is 2.07. The van der Waals surface area contributed by atoms with E-state index in [1.54, 1.807) is 0 Å².